The van der Waals surface area contributed by atoms with Crippen LogP contribution in [0.5, 0.6) is 5.75 Å². The number of benzene rings is 1. The lowest BCUT2D eigenvalue weighted by Crippen LogP contribution is -2.24. The van der Waals surface area contributed by atoms with Crippen molar-refractivity contribution in [3.05, 3.63) is 36.4 Å². The Bertz CT molecular complexity index is 682. The summed E-state index contributed by atoms with van der Waals surface area (Å²) in [6.07, 6.45) is 1.50. The van der Waals surface area contributed by atoms with E-state index in [2.05, 4.69) is 14.9 Å². The van der Waals surface area contributed by atoms with E-state index >= 15 is 0 Å². The van der Waals surface area contributed by atoms with Crippen LogP contribution in [0.1, 0.15) is 5.82 Å². The van der Waals surface area contributed by atoms with Gasteiger partial charge in [-0.15, -0.1) is 10.2 Å². The third kappa shape index (κ3) is 4.00. The average molecular weight is 312 g/mol. The fourth-order valence-corrected chi connectivity index (χ4v) is 2.57. The average Bonchev–Trinajstić information content (AvgIpc) is 2.89. The third-order valence-corrected chi connectivity index (χ3v) is 4.14. The van der Waals surface area contributed by atoms with Gasteiger partial charge in [0.05, 0.1) is 18.0 Å². The Kier molecular flexibility index (Phi) is 4.89. The van der Waals surface area contributed by atoms with Gasteiger partial charge in [-0.3, -0.25) is 0 Å². The van der Waals surface area contributed by atoms with Gasteiger partial charge in [-0.05, 0) is 24.3 Å². The molecular formula is C12H16N4O4S. The number of hydrogen-bond acceptors (Lipinski definition) is 6. The van der Waals surface area contributed by atoms with Crippen molar-refractivity contribution in [1.82, 2.24) is 19.5 Å². The summed E-state index contributed by atoms with van der Waals surface area (Å²) in [6.45, 7) is 0.122. The molecule has 0 saturated heterocycles. The second-order valence-electron chi connectivity index (χ2n) is 4.23. The first-order valence-corrected chi connectivity index (χ1v) is 7.67. The minimum absolute atomic E-state index is 0.0571. The molecule has 2 aromatic rings. The van der Waals surface area contributed by atoms with E-state index in [-0.39, 0.29) is 24.7 Å². The molecule has 0 unspecified atom stereocenters. The van der Waals surface area contributed by atoms with Gasteiger partial charge in [0.25, 0.3) is 0 Å². The molecular weight excluding hydrogens is 296 g/mol. The molecule has 0 aliphatic carbocycles. The highest BCUT2D eigenvalue weighted by Gasteiger charge is 2.15. The first-order chi connectivity index (χ1) is 10.0. The van der Waals surface area contributed by atoms with Crippen molar-refractivity contribution in [3.8, 4) is 5.75 Å². The van der Waals surface area contributed by atoms with Gasteiger partial charge in [0.1, 0.15) is 24.5 Å². The summed E-state index contributed by atoms with van der Waals surface area (Å²) in [7, 11) is -1.89. The zero-order valence-electron chi connectivity index (χ0n) is 11.4. The molecule has 2 rings (SSSR count). The van der Waals surface area contributed by atoms with Gasteiger partial charge in [0.15, 0.2) is 0 Å². The third-order valence-electron chi connectivity index (χ3n) is 2.72. The zero-order valence-corrected chi connectivity index (χ0v) is 12.2. The van der Waals surface area contributed by atoms with Gasteiger partial charge in [-0.25, -0.2) is 13.1 Å². The number of ether oxygens (including phenoxy) is 1. The molecule has 114 valence electrons. The molecule has 1 aromatic carbocycles. The second-order valence-corrected chi connectivity index (χ2v) is 5.99. The molecule has 0 bridgehead atoms. The molecule has 0 aliphatic heterocycles. The lowest BCUT2D eigenvalue weighted by atomic mass is 10.3. The number of aromatic nitrogens is 3. The highest BCUT2D eigenvalue weighted by Crippen LogP contribution is 2.16. The van der Waals surface area contributed by atoms with Gasteiger partial charge in [-0.2, -0.15) is 0 Å². The minimum Gasteiger partial charge on any atom is -0.491 e. The van der Waals surface area contributed by atoms with Crippen LogP contribution in [0.25, 0.3) is 0 Å². The Balaban J connectivity index is 2.03. The molecule has 2 N–H and O–H groups in total. The fourth-order valence-electron chi connectivity index (χ4n) is 1.59. The standard InChI is InChI=1S/C12H16N4O4S/c1-16-9-13-15-12(16)8-14-21(18,19)11-4-2-10(3-5-11)20-7-6-17/h2-5,9,14,17H,6-8H2,1H3. The molecule has 9 heteroatoms. The van der Waals surface area contributed by atoms with Crippen molar-refractivity contribution in [2.45, 2.75) is 11.4 Å². The van der Waals surface area contributed by atoms with Crippen molar-refractivity contribution in [1.29, 1.82) is 0 Å². The summed E-state index contributed by atoms with van der Waals surface area (Å²) in [6, 6.07) is 5.94. The smallest absolute Gasteiger partial charge is 0.240 e. The summed E-state index contributed by atoms with van der Waals surface area (Å²) in [4.78, 5) is 0.126. The molecule has 0 fully saturated rings. The van der Waals surface area contributed by atoms with E-state index in [1.54, 1.807) is 11.6 Å². The van der Waals surface area contributed by atoms with Crippen molar-refractivity contribution in [2.75, 3.05) is 13.2 Å². The highest BCUT2D eigenvalue weighted by atomic mass is 32.2. The van der Waals surface area contributed by atoms with E-state index < -0.39 is 10.0 Å². The number of nitrogens with one attached hydrogen (secondary N) is 1. The monoisotopic (exact) mass is 312 g/mol. The Hall–Kier alpha value is -1.97. The van der Waals surface area contributed by atoms with E-state index in [1.807, 2.05) is 0 Å². The van der Waals surface area contributed by atoms with Gasteiger partial charge < -0.3 is 14.4 Å². The predicted octanol–water partition coefficient (Wildman–Crippen LogP) is -0.335. The Labute approximate surface area is 122 Å². The van der Waals surface area contributed by atoms with Crippen LogP contribution in [-0.2, 0) is 23.6 Å². The number of nitrogens with zero attached hydrogens (tertiary/aromatic N) is 3. The first-order valence-electron chi connectivity index (χ1n) is 6.19. The van der Waals surface area contributed by atoms with Gasteiger partial charge in [0, 0.05) is 7.05 Å². The van der Waals surface area contributed by atoms with E-state index in [4.69, 9.17) is 9.84 Å². The normalized spacial score (nSPS) is 11.5. The molecule has 8 nitrogen and oxygen atoms in total. The van der Waals surface area contributed by atoms with Crippen molar-refractivity contribution in [2.24, 2.45) is 7.05 Å². The first kappa shape index (κ1) is 15.4. The molecule has 0 saturated carbocycles. The van der Waals surface area contributed by atoms with Gasteiger partial charge >= 0.3 is 0 Å². The Morgan fingerprint density at radius 1 is 1.33 bits per heavy atom. The molecule has 1 heterocycles. The Morgan fingerprint density at radius 3 is 2.62 bits per heavy atom. The van der Waals surface area contributed by atoms with E-state index in [9.17, 15) is 8.42 Å². The maximum atomic E-state index is 12.1. The van der Waals surface area contributed by atoms with Crippen LogP contribution in [-0.4, -0.2) is 41.5 Å². The van der Waals surface area contributed by atoms with Crippen molar-refractivity contribution >= 4 is 10.0 Å². The van der Waals surface area contributed by atoms with Crippen LogP contribution in [0.4, 0.5) is 0 Å². The summed E-state index contributed by atoms with van der Waals surface area (Å²) in [5, 5.41) is 16.1. The quantitative estimate of drug-likeness (QED) is 0.725. The van der Waals surface area contributed by atoms with Crippen LogP contribution in [0.15, 0.2) is 35.5 Å². The number of sulfonamides is 1. The lowest BCUT2D eigenvalue weighted by molar-refractivity contribution is 0.201. The summed E-state index contributed by atoms with van der Waals surface area (Å²) < 4.78 is 33.5. The summed E-state index contributed by atoms with van der Waals surface area (Å²) in [5.41, 5.74) is 0. The summed E-state index contributed by atoms with van der Waals surface area (Å²) >= 11 is 0. The maximum absolute atomic E-state index is 12.1. The SMILES string of the molecule is Cn1cnnc1CNS(=O)(=O)c1ccc(OCCO)cc1. The second kappa shape index (κ2) is 6.66. The lowest BCUT2D eigenvalue weighted by Gasteiger charge is -2.08. The molecule has 0 aliphatic rings. The number of hydrogen-bond donors (Lipinski definition) is 2. The van der Waals surface area contributed by atoms with Crippen LogP contribution >= 0.6 is 0 Å². The van der Waals surface area contributed by atoms with E-state index in [1.165, 1.54) is 30.6 Å². The molecule has 0 radical (unpaired) electrons. The molecule has 21 heavy (non-hydrogen) atoms. The molecule has 0 amide bonds. The van der Waals surface area contributed by atoms with Crippen molar-refractivity contribution in [3.63, 3.8) is 0 Å². The molecule has 0 atom stereocenters. The van der Waals surface area contributed by atoms with E-state index in [0.717, 1.165) is 0 Å². The fraction of sp³-hybridized carbons (Fsp3) is 0.333. The molecule has 0 spiro atoms. The van der Waals surface area contributed by atoms with Gasteiger partial charge in [0.2, 0.25) is 10.0 Å². The Morgan fingerprint density at radius 2 is 2.05 bits per heavy atom. The van der Waals surface area contributed by atoms with Crippen LogP contribution in [0.3, 0.4) is 0 Å². The predicted molar refractivity (Wildman–Crippen MR) is 74.1 cm³/mol. The van der Waals surface area contributed by atoms with Crippen LogP contribution in [0, 0.1) is 0 Å². The van der Waals surface area contributed by atoms with Gasteiger partial charge in [-0.1, -0.05) is 0 Å². The van der Waals surface area contributed by atoms with E-state index in [0.29, 0.717) is 11.6 Å². The summed E-state index contributed by atoms with van der Waals surface area (Å²) in [5.74, 6) is 1.01. The zero-order chi connectivity index (χ0) is 15.3. The largest absolute Gasteiger partial charge is 0.491 e. The minimum atomic E-state index is -3.63. The van der Waals surface area contributed by atoms with Crippen molar-refractivity contribution < 1.29 is 18.3 Å². The maximum Gasteiger partial charge on any atom is 0.240 e. The number of rotatable bonds is 7. The highest BCUT2D eigenvalue weighted by molar-refractivity contribution is 7.89. The topological polar surface area (TPSA) is 106 Å². The van der Waals surface area contributed by atoms with Crippen LogP contribution < -0.4 is 9.46 Å². The number of aryl methyl sites for hydroxylation is 1. The molecule has 1 aromatic heterocycles. The van der Waals surface area contributed by atoms with Crippen LogP contribution in [0.2, 0.25) is 0 Å². The number of aliphatic hydroxyl groups excluding tert-OH is 1. The number of aliphatic hydroxyl groups is 1.